The molecule has 1 N–H and O–H groups in total. The van der Waals surface area contributed by atoms with Gasteiger partial charge in [-0.2, -0.15) is 4.31 Å². The van der Waals surface area contributed by atoms with Crippen LogP contribution in [0.4, 0.5) is 0 Å². The Balaban J connectivity index is 1.47. The van der Waals surface area contributed by atoms with Crippen LogP contribution in [-0.2, 0) is 16.6 Å². The van der Waals surface area contributed by atoms with E-state index in [9.17, 15) is 13.5 Å². The molecule has 1 saturated carbocycles. The van der Waals surface area contributed by atoms with Gasteiger partial charge < -0.3 is 14.4 Å². The Morgan fingerprint density at radius 1 is 0.914 bits per heavy atom. The van der Waals surface area contributed by atoms with Crippen LogP contribution in [0, 0.1) is 0 Å². The molecule has 184 valence electrons. The number of fused-ring (bicyclic) bond motifs is 3. The Kier molecular flexibility index (Phi) is 6.82. The maximum absolute atomic E-state index is 13.8. The van der Waals surface area contributed by atoms with Crippen molar-refractivity contribution in [3.63, 3.8) is 0 Å². The van der Waals surface area contributed by atoms with Crippen LogP contribution in [0.15, 0.2) is 77.7 Å². The molecular weight excluding hydrogens is 460 g/mol. The lowest BCUT2D eigenvalue weighted by atomic mass is 9.95. The maximum atomic E-state index is 13.8. The van der Waals surface area contributed by atoms with Gasteiger partial charge in [0, 0.05) is 34.4 Å². The van der Waals surface area contributed by atoms with Gasteiger partial charge in [-0.05, 0) is 49.2 Å². The number of sulfonamides is 1. The molecule has 1 unspecified atom stereocenters. The third-order valence-electron chi connectivity index (χ3n) is 7.11. The van der Waals surface area contributed by atoms with Crippen molar-refractivity contribution in [1.82, 2.24) is 8.87 Å². The van der Waals surface area contributed by atoms with Crippen LogP contribution in [-0.4, -0.2) is 48.2 Å². The number of methoxy groups -OCH3 is 1. The van der Waals surface area contributed by atoms with Crippen LogP contribution >= 0.6 is 0 Å². The molecular formula is C28H32N2O4S. The number of hydrogen-bond donors (Lipinski definition) is 1. The lowest BCUT2D eigenvalue weighted by molar-refractivity contribution is 0.109. The average Bonchev–Trinajstić information content (AvgIpc) is 3.21. The van der Waals surface area contributed by atoms with Gasteiger partial charge in [-0.1, -0.05) is 55.7 Å². The number of aliphatic hydroxyl groups is 1. The van der Waals surface area contributed by atoms with Crippen LogP contribution in [0.5, 0.6) is 5.75 Å². The number of rotatable bonds is 8. The van der Waals surface area contributed by atoms with Gasteiger partial charge in [-0.25, -0.2) is 8.42 Å². The summed E-state index contributed by atoms with van der Waals surface area (Å²) in [5, 5.41) is 13.5. The third kappa shape index (κ3) is 4.68. The quantitative estimate of drug-likeness (QED) is 0.368. The summed E-state index contributed by atoms with van der Waals surface area (Å²) in [5.41, 5.74) is 2.07. The van der Waals surface area contributed by atoms with E-state index in [4.69, 9.17) is 4.74 Å². The fourth-order valence-corrected chi connectivity index (χ4v) is 7.09. The smallest absolute Gasteiger partial charge is 0.243 e. The van der Waals surface area contributed by atoms with Crippen molar-refractivity contribution in [2.24, 2.45) is 0 Å². The minimum atomic E-state index is -3.78. The highest BCUT2D eigenvalue weighted by Crippen LogP contribution is 2.31. The number of aromatic nitrogens is 1. The number of aliphatic hydroxyl groups excluding tert-OH is 1. The molecule has 0 aliphatic heterocycles. The van der Waals surface area contributed by atoms with Gasteiger partial charge in [-0.3, -0.25) is 0 Å². The molecule has 1 aliphatic rings. The van der Waals surface area contributed by atoms with Gasteiger partial charge >= 0.3 is 0 Å². The minimum absolute atomic E-state index is 0.0554. The lowest BCUT2D eigenvalue weighted by Gasteiger charge is -2.34. The van der Waals surface area contributed by atoms with Crippen molar-refractivity contribution in [3.8, 4) is 5.75 Å². The zero-order chi connectivity index (χ0) is 24.4. The maximum Gasteiger partial charge on any atom is 0.243 e. The molecule has 0 amide bonds. The van der Waals surface area contributed by atoms with E-state index < -0.39 is 16.1 Å². The summed E-state index contributed by atoms with van der Waals surface area (Å²) >= 11 is 0. The summed E-state index contributed by atoms with van der Waals surface area (Å²) in [6, 6.07) is 22.7. The molecule has 1 aliphatic carbocycles. The van der Waals surface area contributed by atoms with Gasteiger partial charge in [0.25, 0.3) is 0 Å². The Morgan fingerprint density at radius 3 is 2.06 bits per heavy atom. The van der Waals surface area contributed by atoms with Gasteiger partial charge in [0.15, 0.2) is 0 Å². The molecule has 0 bridgehead atoms. The Labute approximate surface area is 206 Å². The zero-order valence-electron chi connectivity index (χ0n) is 20.0. The first-order chi connectivity index (χ1) is 17.0. The fraction of sp³-hybridized carbons (Fsp3) is 0.357. The van der Waals surface area contributed by atoms with Crippen LogP contribution in [0.25, 0.3) is 21.8 Å². The van der Waals surface area contributed by atoms with Gasteiger partial charge in [0.05, 0.1) is 24.7 Å². The van der Waals surface area contributed by atoms with Gasteiger partial charge in [0.1, 0.15) is 5.75 Å². The summed E-state index contributed by atoms with van der Waals surface area (Å²) in [7, 11) is -2.22. The second kappa shape index (κ2) is 10.0. The molecule has 35 heavy (non-hydrogen) atoms. The summed E-state index contributed by atoms with van der Waals surface area (Å²) < 4.78 is 36.4. The minimum Gasteiger partial charge on any atom is -0.497 e. The number of hydrogen-bond acceptors (Lipinski definition) is 4. The van der Waals surface area contributed by atoms with E-state index in [-0.39, 0.29) is 17.5 Å². The van der Waals surface area contributed by atoms with E-state index >= 15 is 0 Å². The van der Waals surface area contributed by atoms with E-state index in [1.165, 1.54) is 0 Å². The highest BCUT2D eigenvalue weighted by Gasteiger charge is 2.34. The fourth-order valence-electron chi connectivity index (χ4n) is 5.37. The lowest BCUT2D eigenvalue weighted by Crippen LogP contribution is -2.46. The van der Waals surface area contributed by atoms with Crippen molar-refractivity contribution in [2.45, 2.75) is 55.7 Å². The predicted octanol–water partition coefficient (Wildman–Crippen LogP) is 5.19. The monoisotopic (exact) mass is 492 g/mol. The molecule has 1 aromatic heterocycles. The normalized spacial score (nSPS) is 16.2. The number of benzene rings is 3. The topological polar surface area (TPSA) is 71.8 Å². The van der Waals surface area contributed by atoms with Crippen molar-refractivity contribution in [2.75, 3.05) is 13.7 Å². The molecule has 5 rings (SSSR count). The van der Waals surface area contributed by atoms with Crippen LogP contribution in [0.2, 0.25) is 0 Å². The predicted molar refractivity (Wildman–Crippen MR) is 139 cm³/mol. The SMILES string of the molecule is COc1ccc(S(=O)(=O)N(CC(O)Cn2c3ccccc3c3ccccc32)C2CCCCC2)cc1. The largest absolute Gasteiger partial charge is 0.497 e. The molecule has 1 atom stereocenters. The molecule has 1 fully saturated rings. The Hall–Kier alpha value is -2.87. The molecule has 6 nitrogen and oxygen atoms in total. The summed E-state index contributed by atoms with van der Waals surface area (Å²) in [4.78, 5) is 0.230. The first kappa shape index (κ1) is 23.9. The first-order valence-corrected chi connectivity index (χ1v) is 13.7. The summed E-state index contributed by atoms with van der Waals surface area (Å²) in [6.07, 6.45) is 3.90. The number of para-hydroxylation sites is 2. The van der Waals surface area contributed by atoms with E-state index in [1.807, 2.05) is 24.3 Å². The van der Waals surface area contributed by atoms with Crippen LogP contribution < -0.4 is 4.74 Å². The Morgan fingerprint density at radius 2 is 1.49 bits per heavy atom. The second-order valence-electron chi connectivity index (χ2n) is 9.34. The molecule has 0 spiro atoms. The van der Waals surface area contributed by atoms with E-state index in [2.05, 4.69) is 28.8 Å². The highest BCUT2D eigenvalue weighted by molar-refractivity contribution is 7.89. The number of ether oxygens (including phenoxy) is 1. The van der Waals surface area contributed by atoms with Crippen LogP contribution in [0.1, 0.15) is 32.1 Å². The molecule has 4 aromatic rings. The third-order valence-corrected chi connectivity index (χ3v) is 9.04. The van der Waals surface area contributed by atoms with E-state index in [0.717, 1.165) is 53.9 Å². The molecule has 3 aromatic carbocycles. The van der Waals surface area contributed by atoms with Gasteiger partial charge in [-0.15, -0.1) is 0 Å². The van der Waals surface area contributed by atoms with Crippen molar-refractivity contribution >= 4 is 31.8 Å². The highest BCUT2D eigenvalue weighted by atomic mass is 32.2. The van der Waals surface area contributed by atoms with Crippen molar-refractivity contribution in [1.29, 1.82) is 0 Å². The van der Waals surface area contributed by atoms with E-state index in [1.54, 1.807) is 35.7 Å². The zero-order valence-corrected chi connectivity index (χ0v) is 20.8. The van der Waals surface area contributed by atoms with Gasteiger partial charge in [0.2, 0.25) is 10.0 Å². The van der Waals surface area contributed by atoms with Crippen molar-refractivity contribution in [3.05, 3.63) is 72.8 Å². The van der Waals surface area contributed by atoms with E-state index in [0.29, 0.717) is 12.3 Å². The first-order valence-electron chi connectivity index (χ1n) is 12.3. The molecule has 7 heteroatoms. The second-order valence-corrected chi connectivity index (χ2v) is 11.2. The molecule has 1 heterocycles. The standard InChI is InChI=1S/C28H32N2O4S/c1-34-23-15-17-24(18-16-23)35(32,33)30(21-9-3-2-4-10-21)20-22(31)19-29-27-13-7-5-11-25(27)26-12-6-8-14-28(26)29/h5-8,11-18,21-22,31H,2-4,9-10,19-20H2,1H3. The molecule has 0 saturated heterocycles. The van der Waals surface area contributed by atoms with Crippen LogP contribution in [0.3, 0.4) is 0 Å². The Bertz CT molecular complexity index is 1350. The number of nitrogens with zero attached hydrogens (tertiary/aromatic N) is 2. The van der Waals surface area contributed by atoms with Crippen molar-refractivity contribution < 1.29 is 18.3 Å². The molecule has 0 radical (unpaired) electrons. The summed E-state index contributed by atoms with van der Waals surface area (Å²) in [5.74, 6) is 0.611. The summed E-state index contributed by atoms with van der Waals surface area (Å²) in [6.45, 7) is 0.370. The average molecular weight is 493 g/mol.